The van der Waals surface area contributed by atoms with Crippen molar-refractivity contribution in [2.24, 2.45) is 0 Å². The summed E-state index contributed by atoms with van der Waals surface area (Å²) in [6.07, 6.45) is 4.20. The predicted octanol–water partition coefficient (Wildman–Crippen LogP) is 2.57. The van der Waals surface area contributed by atoms with Crippen LogP contribution in [0.15, 0.2) is 28.8 Å². The van der Waals surface area contributed by atoms with Crippen LogP contribution in [0.25, 0.3) is 0 Å². The Morgan fingerprint density at radius 3 is 2.74 bits per heavy atom. The molecule has 0 saturated heterocycles. The van der Waals surface area contributed by atoms with E-state index in [1.165, 1.54) is 17.0 Å². The summed E-state index contributed by atoms with van der Waals surface area (Å²) in [7, 11) is 0. The molecule has 0 aliphatic heterocycles. The quantitative estimate of drug-likeness (QED) is 0.623. The van der Waals surface area contributed by atoms with Gasteiger partial charge in [-0.3, -0.25) is 4.90 Å². The van der Waals surface area contributed by atoms with Gasteiger partial charge in [0.15, 0.2) is 12.0 Å². The molecule has 0 N–H and O–H groups in total. The van der Waals surface area contributed by atoms with E-state index in [0.29, 0.717) is 23.3 Å². The molecule has 3 rings (SSSR count). The minimum absolute atomic E-state index is 0.221. The Hall–Kier alpha value is -2.42. The molecule has 1 heterocycles. The molecule has 96 valence electrons. The van der Waals surface area contributed by atoms with Crippen LogP contribution in [0, 0.1) is 17.3 Å². The smallest absolute Gasteiger partial charge is 0.229 e. The third-order valence-electron chi connectivity index (χ3n) is 2.97. The van der Waals surface area contributed by atoms with Crippen molar-refractivity contribution >= 4 is 5.69 Å². The van der Waals surface area contributed by atoms with Gasteiger partial charge in [0.2, 0.25) is 5.89 Å². The van der Waals surface area contributed by atoms with Crippen LogP contribution in [0.2, 0.25) is 0 Å². The third-order valence-corrected chi connectivity index (χ3v) is 2.97. The average molecular weight is 258 g/mol. The van der Waals surface area contributed by atoms with Gasteiger partial charge in [0.25, 0.3) is 0 Å². The Morgan fingerprint density at radius 2 is 2.11 bits per heavy atom. The molecule has 0 radical (unpaired) electrons. The molecule has 1 aliphatic carbocycles. The first-order chi connectivity index (χ1) is 9.26. The van der Waals surface area contributed by atoms with Gasteiger partial charge in [0.05, 0.1) is 12.2 Å². The molecule has 0 spiro atoms. The Labute approximate surface area is 109 Å². The van der Waals surface area contributed by atoms with Crippen LogP contribution in [0.3, 0.4) is 0 Å². The number of anilines is 1. The van der Waals surface area contributed by atoms with Gasteiger partial charge >= 0.3 is 0 Å². The number of nitriles is 1. The largest absolute Gasteiger partial charge is 0.339 e. The maximum Gasteiger partial charge on any atom is 0.229 e. The highest BCUT2D eigenvalue weighted by molar-refractivity contribution is 5.50. The fraction of sp³-hybridized carbons (Fsp3) is 0.308. The van der Waals surface area contributed by atoms with Gasteiger partial charge in [0.1, 0.15) is 5.82 Å². The van der Waals surface area contributed by atoms with E-state index in [4.69, 9.17) is 9.78 Å². The second kappa shape index (κ2) is 4.69. The maximum atomic E-state index is 12.8. The molecular weight excluding hydrogens is 247 g/mol. The van der Waals surface area contributed by atoms with Crippen LogP contribution >= 0.6 is 0 Å². The zero-order valence-corrected chi connectivity index (χ0v) is 10.1. The van der Waals surface area contributed by atoms with Gasteiger partial charge in [0, 0.05) is 5.92 Å². The van der Waals surface area contributed by atoms with Crippen molar-refractivity contribution in [1.29, 1.82) is 5.26 Å². The highest BCUT2D eigenvalue weighted by Crippen LogP contribution is 2.38. The van der Waals surface area contributed by atoms with Crippen molar-refractivity contribution in [1.82, 2.24) is 10.1 Å². The van der Waals surface area contributed by atoms with E-state index in [0.717, 1.165) is 12.8 Å². The molecule has 0 amide bonds. The average Bonchev–Trinajstić information content (AvgIpc) is 3.17. The molecule has 1 aliphatic rings. The monoisotopic (exact) mass is 258 g/mol. The molecule has 0 bridgehead atoms. The molecule has 1 fully saturated rings. The lowest BCUT2D eigenvalue weighted by atomic mass is 10.3. The SMILES string of the molecule is N#CN(Cc1noc(C2CC2)n1)c1ccc(F)cc1. The van der Waals surface area contributed by atoms with Gasteiger partial charge in [-0.2, -0.15) is 10.2 Å². The van der Waals surface area contributed by atoms with Crippen LogP contribution in [0.1, 0.15) is 30.5 Å². The highest BCUT2D eigenvalue weighted by Gasteiger charge is 2.29. The van der Waals surface area contributed by atoms with Crippen LogP contribution in [-0.2, 0) is 6.54 Å². The molecule has 5 nitrogen and oxygen atoms in total. The fourth-order valence-electron chi connectivity index (χ4n) is 1.77. The summed E-state index contributed by atoms with van der Waals surface area (Å²) in [5.74, 6) is 1.17. The van der Waals surface area contributed by atoms with Crippen LogP contribution < -0.4 is 4.90 Å². The summed E-state index contributed by atoms with van der Waals surface area (Å²) < 4.78 is 18.0. The summed E-state index contributed by atoms with van der Waals surface area (Å²) in [6.45, 7) is 0.221. The number of hydrogen-bond donors (Lipinski definition) is 0. The van der Waals surface area contributed by atoms with Crippen LogP contribution in [0.4, 0.5) is 10.1 Å². The minimum Gasteiger partial charge on any atom is -0.339 e. The zero-order valence-electron chi connectivity index (χ0n) is 10.1. The first kappa shape index (κ1) is 11.7. The normalized spacial score (nSPS) is 14.1. The first-order valence-electron chi connectivity index (χ1n) is 6.01. The minimum atomic E-state index is -0.336. The highest BCUT2D eigenvalue weighted by atomic mass is 19.1. The predicted molar refractivity (Wildman–Crippen MR) is 64.5 cm³/mol. The van der Waals surface area contributed by atoms with E-state index in [9.17, 15) is 4.39 Å². The van der Waals surface area contributed by atoms with Gasteiger partial charge < -0.3 is 4.52 Å². The van der Waals surface area contributed by atoms with Gasteiger partial charge in [-0.25, -0.2) is 4.39 Å². The number of aromatic nitrogens is 2. The summed E-state index contributed by atoms with van der Waals surface area (Å²) in [5.41, 5.74) is 0.599. The zero-order chi connectivity index (χ0) is 13.2. The Bertz CT molecular complexity index is 612. The van der Waals surface area contributed by atoms with Gasteiger partial charge in [-0.05, 0) is 37.1 Å². The summed E-state index contributed by atoms with van der Waals surface area (Å²) >= 11 is 0. The second-order valence-corrected chi connectivity index (χ2v) is 4.49. The Morgan fingerprint density at radius 1 is 1.37 bits per heavy atom. The van der Waals surface area contributed by atoms with Crippen molar-refractivity contribution in [2.75, 3.05) is 4.90 Å². The van der Waals surface area contributed by atoms with Crippen molar-refractivity contribution in [2.45, 2.75) is 25.3 Å². The van der Waals surface area contributed by atoms with E-state index in [1.54, 1.807) is 12.1 Å². The van der Waals surface area contributed by atoms with Crippen molar-refractivity contribution in [3.63, 3.8) is 0 Å². The van der Waals surface area contributed by atoms with E-state index < -0.39 is 0 Å². The van der Waals surface area contributed by atoms with Gasteiger partial charge in [-0.15, -0.1) is 0 Å². The summed E-state index contributed by atoms with van der Waals surface area (Å²) in [5, 5.41) is 13.0. The molecule has 1 aromatic carbocycles. The van der Waals surface area contributed by atoms with E-state index in [2.05, 4.69) is 10.1 Å². The number of rotatable bonds is 4. The molecular formula is C13H11FN4O. The Kier molecular flexibility index (Phi) is 2.88. The number of halogens is 1. The van der Waals surface area contributed by atoms with Gasteiger partial charge in [-0.1, -0.05) is 5.16 Å². The lowest BCUT2D eigenvalue weighted by Gasteiger charge is -2.12. The van der Waals surface area contributed by atoms with Crippen molar-refractivity contribution < 1.29 is 8.91 Å². The molecule has 1 aromatic heterocycles. The lowest BCUT2D eigenvalue weighted by molar-refractivity contribution is 0.374. The summed E-state index contributed by atoms with van der Waals surface area (Å²) in [6, 6.07) is 5.71. The van der Waals surface area contributed by atoms with Crippen molar-refractivity contribution in [3.05, 3.63) is 41.8 Å². The number of nitrogens with zero attached hydrogens (tertiary/aromatic N) is 4. The van der Waals surface area contributed by atoms with E-state index in [1.807, 2.05) is 6.19 Å². The molecule has 0 unspecified atom stereocenters. The maximum absolute atomic E-state index is 12.8. The molecule has 1 saturated carbocycles. The number of hydrogen-bond acceptors (Lipinski definition) is 5. The van der Waals surface area contributed by atoms with E-state index >= 15 is 0 Å². The fourth-order valence-corrected chi connectivity index (χ4v) is 1.77. The molecule has 6 heteroatoms. The Balaban J connectivity index is 1.75. The van der Waals surface area contributed by atoms with E-state index in [-0.39, 0.29) is 12.4 Å². The molecule has 19 heavy (non-hydrogen) atoms. The lowest BCUT2D eigenvalue weighted by Crippen LogP contribution is -2.16. The number of benzene rings is 1. The van der Waals surface area contributed by atoms with Crippen LogP contribution in [0.5, 0.6) is 0 Å². The van der Waals surface area contributed by atoms with Crippen molar-refractivity contribution in [3.8, 4) is 6.19 Å². The second-order valence-electron chi connectivity index (χ2n) is 4.49. The standard InChI is InChI=1S/C13H11FN4O/c14-10-3-5-11(6-4-10)18(8-15)7-12-16-13(19-17-12)9-1-2-9/h3-6,9H,1-2,7H2. The summed E-state index contributed by atoms with van der Waals surface area (Å²) in [4.78, 5) is 5.65. The molecule has 2 aromatic rings. The topological polar surface area (TPSA) is 66.0 Å². The first-order valence-corrected chi connectivity index (χ1v) is 6.01. The molecule has 0 atom stereocenters. The third kappa shape index (κ3) is 2.55. The van der Waals surface area contributed by atoms with Crippen LogP contribution in [-0.4, -0.2) is 10.1 Å².